The molecule has 1 aromatic carbocycles. The largest absolute Gasteiger partial charge is 0.493 e. The van der Waals surface area contributed by atoms with Crippen LogP contribution in [0.1, 0.15) is 18.2 Å². The zero-order valence-corrected chi connectivity index (χ0v) is 18.0. The molecular weight excluding hydrogens is 382 g/mol. The molecule has 1 aliphatic heterocycles. The van der Waals surface area contributed by atoms with Crippen molar-refractivity contribution < 1.29 is 14.3 Å². The Balaban J connectivity index is 1.60. The van der Waals surface area contributed by atoms with Crippen LogP contribution < -0.4 is 19.7 Å². The summed E-state index contributed by atoms with van der Waals surface area (Å²) in [7, 11) is 3.19. The standard InChI is InChI=1S/C22H29N5O3/c1-5-23-22-24-16(2)14-20(25-22)26-10-12-27(13-11-26)21(28)9-7-17-6-8-18(29-3)19(15-17)30-4/h6-9,14-15H,5,10-13H2,1-4H3,(H,23,24,25)/b9-7+. The minimum absolute atomic E-state index is 0.00311. The summed E-state index contributed by atoms with van der Waals surface area (Å²) >= 11 is 0. The van der Waals surface area contributed by atoms with Gasteiger partial charge in [-0.25, -0.2) is 4.98 Å². The fraction of sp³-hybridized carbons (Fsp3) is 0.409. The third-order valence-corrected chi connectivity index (χ3v) is 4.92. The van der Waals surface area contributed by atoms with Crippen LogP contribution in [0.5, 0.6) is 11.5 Å². The summed E-state index contributed by atoms with van der Waals surface area (Å²) in [5, 5.41) is 3.16. The molecule has 1 fully saturated rings. The predicted molar refractivity (Wildman–Crippen MR) is 118 cm³/mol. The number of hydrogen-bond acceptors (Lipinski definition) is 7. The van der Waals surface area contributed by atoms with Crippen LogP contribution in [0.3, 0.4) is 0 Å². The van der Waals surface area contributed by atoms with E-state index >= 15 is 0 Å². The molecule has 1 N–H and O–H groups in total. The van der Waals surface area contributed by atoms with E-state index in [0.717, 1.165) is 36.7 Å². The lowest BCUT2D eigenvalue weighted by molar-refractivity contribution is -0.126. The number of rotatable bonds is 7. The number of methoxy groups -OCH3 is 2. The number of nitrogens with one attached hydrogen (secondary N) is 1. The Morgan fingerprint density at radius 1 is 1.10 bits per heavy atom. The first-order valence-corrected chi connectivity index (χ1v) is 10.1. The number of anilines is 2. The highest BCUT2D eigenvalue weighted by atomic mass is 16.5. The van der Waals surface area contributed by atoms with Crippen molar-refractivity contribution in [2.75, 3.05) is 57.2 Å². The Labute approximate surface area is 177 Å². The number of hydrogen-bond donors (Lipinski definition) is 1. The van der Waals surface area contributed by atoms with Gasteiger partial charge >= 0.3 is 0 Å². The fourth-order valence-corrected chi connectivity index (χ4v) is 3.34. The zero-order valence-electron chi connectivity index (χ0n) is 18.0. The summed E-state index contributed by atoms with van der Waals surface area (Å²) in [6.07, 6.45) is 3.40. The molecule has 1 saturated heterocycles. The van der Waals surface area contributed by atoms with Gasteiger partial charge in [0.25, 0.3) is 0 Å². The predicted octanol–water partition coefficient (Wildman–Crippen LogP) is 2.60. The number of aromatic nitrogens is 2. The first kappa shape index (κ1) is 21.4. The summed E-state index contributed by atoms with van der Waals surface area (Å²) in [6.45, 7) is 7.52. The van der Waals surface area contributed by atoms with Crippen LogP contribution in [0.4, 0.5) is 11.8 Å². The van der Waals surface area contributed by atoms with Crippen molar-refractivity contribution in [2.24, 2.45) is 0 Å². The first-order valence-electron chi connectivity index (χ1n) is 10.1. The molecular formula is C22H29N5O3. The monoisotopic (exact) mass is 411 g/mol. The maximum Gasteiger partial charge on any atom is 0.246 e. The van der Waals surface area contributed by atoms with Crippen molar-refractivity contribution in [3.63, 3.8) is 0 Å². The van der Waals surface area contributed by atoms with Crippen LogP contribution in [0.25, 0.3) is 6.08 Å². The minimum atomic E-state index is -0.00311. The van der Waals surface area contributed by atoms with E-state index in [4.69, 9.17) is 9.47 Å². The number of benzene rings is 1. The lowest BCUT2D eigenvalue weighted by atomic mass is 10.2. The van der Waals surface area contributed by atoms with Gasteiger partial charge in [-0.3, -0.25) is 4.79 Å². The smallest absolute Gasteiger partial charge is 0.246 e. The maximum atomic E-state index is 12.6. The van der Waals surface area contributed by atoms with Crippen LogP contribution in [0.15, 0.2) is 30.3 Å². The Bertz CT molecular complexity index is 908. The van der Waals surface area contributed by atoms with Gasteiger partial charge < -0.3 is 24.6 Å². The van der Waals surface area contributed by atoms with E-state index in [0.29, 0.717) is 30.5 Å². The molecule has 3 rings (SSSR count). The van der Waals surface area contributed by atoms with Crippen molar-refractivity contribution >= 4 is 23.7 Å². The lowest BCUT2D eigenvalue weighted by Crippen LogP contribution is -2.48. The molecule has 0 radical (unpaired) electrons. The molecule has 0 aliphatic carbocycles. The lowest BCUT2D eigenvalue weighted by Gasteiger charge is -2.35. The number of amides is 1. The number of piperazine rings is 1. The molecule has 0 bridgehead atoms. The highest BCUT2D eigenvalue weighted by Gasteiger charge is 2.21. The fourth-order valence-electron chi connectivity index (χ4n) is 3.34. The van der Waals surface area contributed by atoms with Gasteiger partial charge in [0.2, 0.25) is 11.9 Å². The summed E-state index contributed by atoms with van der Waals surface area (Å²) in [5.74, 6) is 2.83. The van der Waals surface area contributed by atoms with E-state index in [-0.39, 0.29) is 5.91 Å². The third-order valence-electron chi connectivity index (χ3n) is 4.92. The van der Waals surface area contributed by atoms with Crippen molar-refractivity contribution in [3.05, 3.63) is 41.6 Å². The second-order valence-electron chi connectivity index (χ2n) is 6.98. The van der Waals surface area contributed by atoms with E-state index in [2.05, 4.69) is 20.2 Å². The second kappa shape index (κ2) is 9.96. The van der Waals surface area contributed by atoms with Gasteiger partial charge in [-0.15, -0.1) is 0 Å². The first-order chi connectivity index (χ1) is 14.5. The van der Waals surface area contributed by atoms with E-state index < -0.39 is 0 Å². The van der Waals surface area contributed by atoms with Gasteiger partial charge in [0.05, 0.1) is 14.2 Å². The summed E-state index contributed by atoms with van der Waals surface area (Å²) in [5.41, 5.74) is 1.80. The maximum absolute atomic E-state index is 12.6. The molecule has 0 atom stereocenters. The van der Waals surface area contributed by atoms with Crippen LogP contribution in [0, 0.1) is 6.92 Å². The van der Waals surface area contributed by atoms with Crippen LogP contribution in [0.2, 0.25) is 0 Å². The number of ether oxygens (including phenoxy) is 2. The molecule has 1 aromatic heterocycles. The minimum Gasteiger partial charge on any atom is -0.493 e. The van der Waals surface area contributed by atoms with Crippen molar-refractivity contribution in [1.82, 2.24) is 14.9 Å². The molecule has 8 nitrogen and oxygen atoms in total. The van der Waals surface area contributed by atoms with E-state index in [1.807, 2.05) is 43.0 Å². The van der Waals surface area contributed by atoms with E-state index in [1.54, 1.807) is 26.4 Å². The number of aryl methyl sites for hydroxylation is 1. The summed E-state index contributed by atoms with van der Waals surface area (Å²) in [6, 6.07) is 7.55. The number of carbonyl (C=O) groups excluding carboxylic acids is 1. The van der Waals surface area contributed by atoms with Gasteiger partial charge in [-0.2, -0.15) is 4.98 Å². The normalized spacial score (nSPS) is 14.1. The summed E-state index contributed by atoms with van der Waals surface area (Å²) in [4.78, 5) is 25.6. The number of carbonyl (C=O) groups is 1. The quantitative estimate of drug-likeness (QED) is 0.702. The molecule has 1 aliphatic rings. The van der Waals surface area contributed by atoms with Crippen LogP contribution >= 0.6 is 0 Å². The molecule has 2 heterocycles. The van der Waals surface area contributed by atoms with Gasteiger partial charge in [-0.05, 0) is 37.6 Å². The van der Waals surface area contributed by atoms with E-state index in [9.17, 15) is 4.79 Å². The van der Waals surface area contributed by atoms with Crippen LogP contribution in [-0.4, -0.2) is 67.7 Å². The Morgan fingerprint density at radius 2 is 1.83 bits per heavy atom. The van der Waals surface area contributed by atoms with Crippen molar-refractivity contribution in [1.29, 1.82) is 0 Å². The zero-order chi connectivity index (χ0) is 21.5. The Hall–Kier alpha value is -3.29. The molecule has 8 heteroatoms. The molecule has 2 aromatic rings. The molecule has 1 amide bonds. The van der Waals surface area contributed by atoms with Gasteiger partial charge in [0, 0.05) is 50.6 Å². The summed E-state index contributed by atoms with van der Waals surface area (Å²) < 4.78 is 10.6. The van der Waals surface area contributed by atoms with Gasteiger partial charge in [-0.1, -0.05) is 6.07 Å². The highest BCUT2D eigenvalue weighted by molar-refractivity contribution is 5.92. The average Bonchev–Trinajstić information content (AvgIpc) is 2.77. The van der Waals surface area contributed by atoms with Gasteiger partial charge in [0.15, 0.2) is 11.5 Å². The average molecular weight is 412 g/mol. The Morgan fingerprint density at radius 3 is 2.50 bits per heavy atom. The van der Waals surface area contributed by atoms with E-state index in [1.165, 1.54) is 0 Å². The second-order valence-corrected chi connectivity index (χ2v) is 6.98. The molecule has 0 spiro atoms. The number of nitrogens with zero attached hydrogens (tertiary/aromatic N) is 4. The molecule has 0 saturated carbocycles. The molecule has 30 heavy (non-hydrogen) atoms. The third kappa shape index (κ3) is 5.20. The van der Waals surface area contributed by atoms with Crippen molar-refractivity contribution in [2.45, 2.75) is 13.8 Å². The Kier molecular flexibility index (Phi) is 7.11. The van der Waals surface area contributed by atoms with Crippen LogP contribution in [-0.2, 0) is 4.79 Å². The van der Waals surface area contributed by atoms with Crippen molar-refractivity contribution in [3.8, 4) is 11.5 Å². The molecule has 160 valence electrons. The topological polar surface area (TPSA) is 79.8 Å². The van der Waals surface area contributed by atoms with Gasteiger partial charge in [0.1, 0.15) is 5.82 Å². The highest BCUT2D eigenvalue weighted by Crippen LogP contribution is 2.28. The molecule has 0 unspecified atom stereocenters. The SMILES string of the molecule is CCNc1nc(C)cc(N2CCN(C(=O)/C=C/c3ccc(OC)c(OC)c3)CC2)n1.